The molecular weight excluding hydrogens is 386 g/mol. The van der Waals surface area contributed by atoms with Gasteiger partial charge in [-0.2, -0.15) is 0 Å². The molecular formula is C23H19NO4S. The normalized spacial score (nSPS) is 18.2. The molecule has 0 N–H and O–H groups in total. The Kier molecular flexibility index (Phi) is 4.39. The van der Waals surface area contributed by atoms with Gasteiger partial charge in [0.15, 0.2) is 5.78 Å². The summed E-state index contributed by atoms with van der Waals surface area (Å²) in [6.45, 7) is 1.93. The van der Waals surface area contributed by atoms with Crippen LogP contribution < -0.4 is 0 Å². The van der Waals surface area contributed by atoms with Crippen LogP contribution in [0.3, 0.4) is 0 Å². The topological polar surface area (TPSA) is 71.5 Å². The lowest BCUT2D eigenvalue weighted by atomic mass is 9.82. The average molecular weight is 405 g/mol. The van der Waals surface area contributed by atoms with E-state index in [0.29, 0.717) is 11.1 Å². The molecule has 0 bridgehead atoms. The third kappa shape index (κ3) is 2.87. The zero-order valence-electron chi connectivity index (χ0n) is 16.0. The van der Waals surface area contributed by atoms with Gasteiger partial charge in [0.1, 0.15) is 10.4 Å². The van der Waals surface area contributed by atoms with Crippen LogP contribution in [0.15, 0.2) is 88.7 Å². The molecule has 2 aromatic carbocycles. The van der Waals surface area contributed by atoms with Crippen molar-refractivity contribution in [2.24, 2.45) is 0 Å². The maximum atomic E-state index is 13.5. The summed E-state index contributed by atoms with van der Waals surface area (Å²) in [5.74, 6) is -0.813. The number of carbonyl (C=O) groups is 2. The number of benzene rings is 2. The molecule has 29 heavy (non-hydrogen) atoms. The summed E-state index contributed by atoms with van der Waals surface area (Å²) in [4.78, 5) is 26.2. The first-order chi connectivity index (χ1) is 13.8. The monoisotopic (exact) mass is 405 g/mol. The first-order valence-electron chi connectivity index (χ1n) is 9.10. The summed E-state index contributed by atoms with van der Waals surface area (Å²) >= 11 is 0. The third-order valence-corrected chi connectivity index (χ3v) is 7.16. The van der Waals surface area contributed by atoms with Crippen LogP contribution in [0.4, 0.5) is 0 Å². The first kappa shape index (κ1) is 19.1. The molecule has 6 heteroatoms. The predicted molar refractivity (Wildman–Crippen MR) is 111 cm³/mol. The van der Waals surface area contributed by atoms with E-state index >= 15 is 0 Å². The van der Waals surface area contributed by atoms with Gasteiger partial charge in [0.2, 0.25) is 9.84 Å². The van der Waals surface area contributed by atoms with E-state index in [9.17, 15) is 18.0 Å². The summed E-state index contributed by atoms with van der Waals surface area (Å²) in [6, 6.07) is 15.3. The van der Waals surface area contributed by atoms with Crippen molar-refractivity contribution in [3.05, 3.63) is 94.9 Å². The summed E-state index contributed by atoms with van der Waals surface area (Å²) in [7, 11) is -2.53. The van der Waals surface area contributed by atoms with E-state index in [1.807, 2.05) is 19.1 Å². The molecule has 1 spiro atoms. The molecule has 1 aliphatic carbocycles. The van der Waals surface area contributed by atoms with Crippen LogP contribution in [-0.2, 0) is 19.4 Å². The third-order valence-electron chi connectivity index (χ3n) is 5.35. The molecule has 0 saturated carbocycles. The Morgan fingerprint density at radius 1 is 0.862 bits per heavy atom. The van der Waals surface area contributed by atoms with Gasteiger partial charge < -0.3 is 4.90 Å². The standard InChI is InChI=1S/C23H19NO4S/c1-16-8-10-17(11-9-16)20-21(29(27,28)19-6-4-3-5-7-19)22(26)24(2)23(20)14-12-18(25)13-15-23/h3-15H,1-2H3. The van der Waals surface area contributed by atoms with Crippen LogP contribution in [0.25, 0.3) is 5.57 Å². The van der Waals surface area contributed by atoms with E-state index < -0.39 is 21.3 Å². The number of likely N-dealkylation sites (N-methyl/N-ethyl adjacent to an activating group) is 1. The highest BCUT2D eigenvalue weighted by molar-refractivity contribution is 7.96. The minimum Gasteiger partial charge on any atom is -0.324 e. The van der Waals surface area contributed by atoms with Crippen LogP contribution in [0.2, 0.25) is 0 Å². The fourth-order valence-electron chi connectivity index (χ4n) is 3.75. The lowest BCUT2D eigenvalue weighted by Gasteiger charge is -2.34. The van der Waals surface area contributed by atoms with Crippen molar-refractivity contribution in [3.63, 3.8) is 0 Å². The molecule has 1 aliphatic heterocycles. The van der Waals surface area contributed by atoms with Crippen molar-refractivity contribution in [1.82, 2.24) is 4.90 Å². The lowest BCUT2D eigenvalue weighted by molar-refractivity contribution is -0.125. The molecule has 0 aromatic heterocycles. The molecule has 0 fully saturated rings. The Morgan fingerprint density at radius 3 is 2.03 bits per heavy atom. The number of rotatable bonds is 3. The average Bonchev–Trinajstić information content (AvgIpc) is 2.94. The van der Waals surface area contributed by atoms with E-state index in [2.05, 4.69) is 0 Å². The van der Waals surface area contributed by atoms with Gasteiger partial charge >= 0.3 is 0 Å². The molecule has 5 nitrogen and oxygen atoms in total. The number of aryl methyl sites for hydroxylation is 1. The number of allylic oxidation sites excluding steroid dienone is 2. The quantitative estimate of drug-likeness (QED) is 0.787. The van der Waals surface area contributed by atoms with Crippen LogP contribution in [0.1, 0.15) is 11.1 Å². The second-order valence-corrected chi connectivity index (χ2v) is 9.03. The van der Waals surface area contributed by atoms with Crippen molar-refractivity contribution >= 4 is 27.1 Å². The van der Waals surface area contributed by atoms with E-state index in [1.54, 1.807) is 49.5 Å². The van der Waals surface area contributed by atoms with E-state index in [0.717, 1.165) is 5.56 Å². The molecule has 0 radical (unpaired) electrons. The van der Waals surface area contributed by atoms with Gasteiger partial charge in [-0.15, -0.1) is 0 Å². The second-order valence-electron chi connectivity index (χ2n) is 7.15. The highest BCUT2D eigenvalue weighted by Crippen LogP contribution is 2.47. The number of amides is 1. The van der Waals surface area contributed by atoms with Gasteiger partial charge in [0.05, 0.1) is 4.90 Å². The Balaban J connectivity index is 2.07. The van der Waals surface area contributed by atoms with Crippen molar-refractivity contribution in [3.8, 4) is 0 Å². The smallest absolute Gasteiger partial charge is 0.267 e. The van der Waals surface area contributed by atoms with Crippen LogP contribution >= 0.6 is 0 Å². The Morgan fingerprint density at radius 2 is 1.45 bits per heavy atom. The summed E-state index contributed by atoms with van der Waals surface area (Å²) < 4.78 is 27.0. The predicted octanol–water partition coefficient (Wildman–Crippen LogP) is 3.09. The van der Waals surface area contributed by atoms with Crippen LogP contribution in [0, 0.1) is 6.92 Å². The van der Waals surface area contributed by atoms with Gasteiger partial charge in [-0.05, 0) is 48.9 Å². The zero-order valence-corrected chi connectivity index (χ0v) is 16.8. The van der Waals surface area contributed by atoms with Crippen LogP contribution in [-0.4, -0.2) is 37.6 Å². The molecule has 0 unspecified atom stereocenters. The fraction of sp³-hybridized carbons (Fsp3) is 0.130. The largest absolute Gasteiger partial charge is 0.324 e. The number of ketones is 1. The van der Waals surface area contributed by atoms with E-state index in [4.69, 9.17) is 0 Å². The number of sulfone groups is 1. The van der Waals surface area contributed by atoms with Gasteiger partial charge in [0, 0.05) is 12.6 Å². The minimum absolute atomic E-state index is 0.0539. The Bertz CT molecular complexity index is 1190. The summed E-state index contributed by atoms with van der Waals surface area (Å²) in [5, 5.41) is 0. The SMILES string of the molecule is Cc1ccc(C2=C(S(=O)(=O)c3ccccc3)C(=O)N(C)C23C=CC(=O)C=C3)cc1. The molecule has 2 aliphatic rings. The summed E-state index contributed by atoms with van der Waals surface area (Å²) in [6.07, 6.45) is 5.93. The second kappa shape index (κ2) is 6.67. The molecule has 0 saturated heterocycles. The van der Waals surface area contributed by atoms with Gasteiger partial charge in [-0.3, -0.25) is 9.59 Å². The maximum Gasteiger partial charge on any atom is 0.267 e. The number of hydrogen-bond acceptors (Lipinski definition) is 4. The van der Waals surface area contributed by atoms with Crippen molar-refractivity contribution in [2.45, 2.75) is 17.4 Å². The van der Waals surface area contributed by atoms with E-state index in [-0.39, 0.29) is 15.6 Å². The molecule has 4 rings (SSSR count). The highest BCUT2D eigenvalue weighted by atomic mass is 32.2. The lowest BCUT2D eigenvalue weighted by Crippen LogP contribution is -2.43. The molecule has 1 amide bonds. The molecule has 146 valence electrons. The number of nitrogens with zero attached hydrogens (tertiary/aromatic N) is 1. The first-order valence-corrected chi connectivity index (χ1v) is 10.6. The summed E-state index contributed by atoms with van der Waals surface area (Å²) in [5.41, 5.74) is 0.844. The number of hydrogen-bond donors (Lipinski definition) is 0. The minimum atomic E-state index is -4.08. The Labute approximate surface area is 169 Å². The van der Waals surface area contributed by atoms with Gasteiger partial charge in [-0.1, -0.05) is 48.0 Å². The van der Waals surface area contributed by atoms with Crippen molar-refractivity contribution < 1.29 is 18.0 Å². The van der Waals surface area contributed by atoms with Crippen LogP contribution in [0.5, 0.6) is 0 Å². The van der Waals surface area contributed by atoms with Gasteiger partial charge in [-0.25, -0.2) is 8.42 Å². The van der Waals surface area contributed by atoms with E-state index in [1.165, 1.54) is 29.2 Å². The highest BCUT2D eigenvalue weighted by Gasteiger charge is 2.52. The molecule has 1 heterocycles. The van der Waals surface area contributed by atoms with Crippen molar-refractivity contribution in [2.75, 3.05) is 7.05 Å². The molecule has 2 aromatic rings. The Hall–Kier alpha value is -3.25. The molecule has 0 atom stereocenters. The zero-order chi connectivity index (χ0) is 20.8. The number of carbonyl (C=O) groups excluding carboxylic acids is 2. The van der Waals surface area contributed by atoms with Gasteiger partial charge in [0.25, 0.3) is 5.91 Å². The van der Waals surface area contributed by atoms with Crippen molar-refractivity contribution in [1.29, 1.82) is 0 Å². The fourth-order valence-corrected chi connectivity index (χ4v) is 5.41. The maximum absolute atomic E-state index is 13.5.